The van der Waals surface area contributed by atoms with Gasteiger partial charge in [-0.3, -0.25) is 4.90 Å². The Morgan fingerprint density at radius 3 is 2.52 bits per heavy atom. The predicted octanol–water partition coefficient (Wildman–Crippen LogP) is 4.42. The van der Waals surface area contributed by atoms with E-state index in [0.717, 1.165) is 52.1 Å². The van der Waals surface area contributed by atoms with E-state index in [0.29, 0.717) is 0 Å². The summed E-state index contributed by atoms with van der Waals surface area (Å²) >= 11 is 6.22. The van der Waals surface area contributed by atoms with Crippen molar-refractivity contribution in [2.45, 2.75) is 33.4 Å². The molecule has 2 aromatic rings. The number of nitrogens with zero attached hydrogens (tertiary/aromatic N) is 1. The van der Waals surface area contributed by atoms with Gasteiger partial charge in [0.25, 0.3) is 0 Å². The molecule has 0 N–H and O–H groups in total. The summed E-state index contributed by atoms with van der Waals surface area (Å²) in [7, 11) is 2.08. The Kier molecular flexibility index (Phi) is 3.72. The third-order valence-electron chi connectivity index (χ3n) is 3.89. The van der Waals surface area contributed by atoms with E-state index < -0.39 is 0 Å². The van der Waals surface area contributed by atoms with E-state index >= 15 is 0 Å². The van der Waals surface area contributed by atoms with Crippen LogP contribution in [-0.2, 0) is 6.54 Å². The molecule has 0 amide bonds. The first-order valence-corrected chi connectivity index (χ1v) is 7.53. The number of benzene rings is 1. The Balaban J connectivity index is 1.91. The van der Waals surface area contributed by atoms with E-state index in [4.69, 9.17) is 20.8 Å². The van der Waals surface area contributed by atoms with Gasteiger partial charge in [-0.2, -0.15) is 0 Å². The Bertz CT molecular complexity index is 654. The fraction of sp³-hybridized carbons (Fsp3) is 0.412. The summed E-state index contributed by atoms with van der Waals surface area (Å²) in [4.78, 5) is 2.21. The summed E-state index contributed by atoms with van der Waals surface area (Å²) in [6.07, 6.45) is -0.00354. The number of hydrogen-bond acceptors (Lipinski definition) is 3. The molecule has 0 bridgehead atoms. The van der Waals surface area contributed by atoms with Crippen LogP contribution in [0, 0.1) is 20.8 Å². The molecular weight excluding hydrogens is 286 g/mol. The quantitative estimate of drug-likeness (QED) is 0.821. The monoisotopic (exact) mass is 305 g/mol. The number of fused-ring (bicyclic) bond motifs is 1. The fourth-order valence-electron chi connectivity index (χ4n) is 2.91. The summed E-state index contributed by atoms with van der Waals surface area (Å²) in [6.45, 7) is 7.67. The van der Waals surface area contributed by atoms with Crippen molar-refractivity contribution in [1.82, 2.24) is 4.90 Å². The predicted molar refractivity (Wildman–Crippen MR) is 84.1 cm³/mol. The second kappa shape index (κ2) is 5.39. The third-order valence-corrected chi connectivity index (χ3v) is 4.49. The van der Waals surface area contributed by atoms with Gasteiger partial charge in [0.2, 0.25) is 0 Å². The van der Waals surface area contributed by atoms with Crippen LogP contribution < -0.4 is 4.74 Å². The molecule has 0 saturated heterocycles. The van der Waals surface area contributed by atoms with Crippen LogP contribution in [0.15, 0.2) is 22.6 Å². The molecule has 3 nitrogen and oxygen atoms in total. The highest BCUT2D eigenvalue weighted by molar-refractivity contribution is 6.32. The Morgan fingerprint density at radius 1 is 1.19 bits per heavy atom. The van der Waals surface area contributed by atoms with Gasteiger partial charge in [-0.05, 0) is 57.1 Å². The van der Waals surface area contributed by atoms with Crippen LogP contribution in [0.2, 0.25) is 5.02 Å². The molecular formula is C17H20ClNO2. The van der Waals surface area contributed by atoms with Crippen molar-refractivity contribution in [1.29, 1.82) is 0 Å². The van der Waals surface area contributed by atoms with Gasteiger partial charge >= 0.3 is 0 Å². The Morgan fingerprint density at radius 2 is 1.86 bits per heavy atom. The first-order chi connectivity index (χ1) is 9.94. The summed E-state index contributed by atoms with van der Waals surface area (Å²) in [5.41, 5.74) is 3.25. The van der Waals surface area contributed by atoms with Gasteiger partial charge in [-0.25, -0.2) is 0 Å². The molecule has 1 unspecified atom stereocenters. The van der Waals surface area contributed by atoms with E-state index in [2.05, 4.69) is 18.0 Å². The lowest BCUT2D eigenvalue weighted by atomic mass is 10.0. The third kappa shape index (κ3) is 2.81. The van der Waals surface area contributed by atoms with Crippen LogP contribution in [0.5, 0.6) is 5.75 Å². The molecule has 112 valence electrons. The minimum Gasteiger partial charge on any atom is -0.484 e. The molecule has 1 aromatic carbocycles. The summed E-state index contributed by atoms with van der Waals surface area (Å²) in [5.74, 6) is 2.81. The number of halogens is 1. The normalized spacial score (nSPS) is 18.6. The first kappa shape index (κ1) is 14.5. The van der Waals surface area contributed by atoms with Crippen LogP contribution in [-0.4, -0.2) is 18.5 Å². The van der Waals surface area contributed by atoms with Crippen molar-refractivity contribution in [3.05, 3.63) is 51.4 Å². The number of ether oxygens (including phenoxy) is 1. The van der Waals surface area contributed by atoms with Gasteiger partial charge in [0.1, 0.15) is 23.4 Å². The molecule has 0 fully saturated rings. The number of hydrogen-bond donors (Lipinski definition) is 0. The molecule has 0 spiro atoms. The van der Waals surface area contributed by atoms with Crippen LogP contribution in [0.4, 0.5) is 0 Å². The molecule has 1 aliphatic rings. The van der Waals surface area contributed by atoms with Crippen LogP contribution in [0.25, 0.3) is 0 Å². The number of aryl methyl sites for hydroxylation is 3. The van der Waals surface area contributed by atoms with Crippen molar-refractivity contribution in [3.63, 3.8) is 0 Å². The highest BCUT2D eigenvalue weighted by Crippen LogP contribution is 2.34. The summed E-state index contributed by atoms with van der Waals surface area (Å²) in [5, 5.41) is 0.808. The lowest BCUT2D eigenvalue weighted by Crippen LogP contribution is -2.32. The molecule has 1 aliphatic heterocycles. The molecule has 2 heterocycles. The maximum Gasteiger partial charge on any atom is 0.140 e. The lowest BCUT2D eigenvalue weighted by molar-refractivity contribution is 0.119. The van der Waals surface area contributed by atoms with E-state index in [1.165, 1.54) is 0 Å². The van der Waals surface area contributed by atoms with Gasteiger partial charge in [0.05, 0.1) is 6.54 Å². The molecule has 0 aliphatic carbocycles. The first-order valence-electron chi connectivity index (χ1n) is 7.15. The fourth-order valence-corrected chi connectivity index (χ4v) is 3.02. The molecule has 21 heavy (non-hydrogen) atoms. The van der Waals surface area contributed by atoms with Gasteiger partial charge in [-0.1, -0.05) is 11.6 Å². The molecule has 1 aromatic heterocycles. The highest BCUT2D eigenvalue weighted by atomic mass is 35.5. The average molecular weight is 306 g/mol. The number of furan rings is 1. The molecule has 4 heteroatoms. The smallest absolute Gasteiger partial charge is 0.140 e. The van der Waals surface area contributed by atoms with Crippen molar-refractivity contribution >= 4 is 11.6 Å². The average Bonchev–Trinajstić information content (AvgIpc) is 2.76. The maximum atomic E-state index is 6.22. The zero-order valence-electron chi connectivity index (χ0n) is 12.9. The zero-order chi connectivity index (χ0) is 15.1. The second-order valence-electron chi connectivity index (χ2n) is 5.91. The summed E-state index contributed by atoms with van der Waals surface area (Å²) in [6, 6.07) is 6.08. The van der Waals surface area contributed by atoms with Crippen molar-refractivity contribution in [2.75, 3.05) is 13.6 Å². The van der Waals surface area contributed by atoms with Gasteiger partial charge < -0.3 is 9.15 Å². The summed E-state index contributed by atoms with van der Waals surface area (Å²) < 4.78 is 12.0. The highest BCUT2D eigenvalue weighted by Gasteiger charge is 2.28. The van der Waals surface area contributed by atoms with Gasteiger partial charge in [-0.15, -0.1) is 0 Å². The lowest BCUT2D eigenvalue weighted by Gasteiger charge is -2.29. The van der Waals surface area contributed by atoms with Crippen molar-refractivity contribution < 1.29 is 9.15 Å². The zero-order valence-corrected chi connectivity index (χ0v) is 13.6. The van der Waals surface area contributed by atoms with E-state index in [1.807, 2.05) is 32.9 Å². The minimum absolute atomic E-state index is 0.00354. The second-order valence-corrected chi connectivity index (χ2v) is 6.29. The number of likely N-dealkylation sites (N-methyl/N-ethyl adjacent to an activating group) is 1. The molecule has 3 rings (SSSR count). The van der Waals surface area contributed by atoms with E-state index in [9.17, 15) is 0 Å². The van der Waals surface area contributed by atoms with E-state index in [1.54, 1.807) is 0 Å². The van der Waals surface area contributed by atoms with Crippen LogP contribution >= 0.6 is 11.6 Å². The standard InChI is InChI=1S/C17H20ClNO2/c1-10-5-13(6-11(2)17(10)18)21-16-9-19(4)8-15-14(16)7-12(3)20-15/h5-7,16H,8-9H2,1-4H3. The molecule has 1 atom stereocenters. The SMILES string of the molecule is Cc1cc2c(o1)CN(C)CC2Oc1cc(C)c(Cl)c(C)c1. The molecule has 0 saturated carbocycles. The van der Waals surface area contributed by atoms with Gasteiger partial charge in [0, 0.05) is 17.1 Å². The maximum absolute atomic E-state index is 6.22. The largest absolute Gasteiger partial charge is 0.484 e. The van der Waals surface area contributed by atoms with Crippen molar-refractivity contribution in [3.8, 4) is 5.75 Å². The topological polar surface area (TPSA) is 25.6 Å². The van der Waals surface area contributed by atoms with E-state index in [-0.39, 0.29) is 6.10 Å². The van der Waals surface area contributed by atoms with Crippen molar-refractivity contribution in [2.24, 2.45) is 0 Å². The Hall–Kier alpha value is -1.45. The minimum atomic E-state index is -0.00354. The molecule has 0 radical (unpaired) electrons. The number of rotatable bonds is 2. The van der Waals surface area contributed by atoms with Crippen LogP contribution in [0.3, 0.4) is 0 Å². The Labute approximate surface area is 130 Å². The van der Waals surface area contributed by atoms with Crippen LogP contribution in [0.1, 0.15) is 34.3 Å². The van der Waals surface area contributed by atoms with Gasteiger partial charge in [0.15, 0.2) is 0 Å².